The molecule has 146 valence electrons. The van der Waals surface area contributed by atoms with Gasteiger partial charge in [-0.25, -0.2) is 0 Å². The predicted molar refractivity (Wildman–Crippen MR) is 101 cm³/mol. The van der Waals surface area contributed by atoms with Gasteiger partial charge in [-0.1, -0.05) is 25.4 Å². The average molecular weight is 400 g/mol. The van der Waals surface area contributed by atoms with Crippen molar-refractivity contribution in [2.45, 2.75) is 32.9 Å². The van der Waals surface area contributed by atoms with Gasteiger partial charge in [-0.05, 0) is 37.1 Å². The molecule has 0 fully saturated rings. The second-order valence-corrected chi connectivity index (χ2v) is 6.50. The van der Waals surface area contributed by atoms with Crippen LogP contribution in [0, 0.1) is 0 Å². The van der Waals surface area contributed by atoms with E-state index in [0.29, 0.717) is 0 Å². The zero-order chi connectivity index (χ0) is 20.0. The van der Waals surface area contributed by atoms with Crippen LogP contribution in [0.2, 0.25) is 5.02 Å². The van der Waals surface area contributed by atoms with Gasteiger partial charge in [0.05, 0.1) is 28.7 Å². The average Bonchev–Trinajstić information content (AvgIpc) is 2.62. The number of pyridine rings is 1. The third kappa shape index (κ3) is 5.60. The minimum atomic E-state index is -4.63. The van der Waals surface area contributed by atoms with E-state index in [1.807, 2.05) is 13.8 Å². The zero-order valence-electron chi connectivity index (χ0n) is 15.1. The van der Waals surface area contributed by atoms with Crippen molar-refractivity contribution in [2.75, 3.05) is 23.3 Å². The van der Waals surface area contributed by atoms with E-state index in [9.17, 15) is 18.0 Å². The van der Waals surface area contributed by atoms with E-state index >= 15 is 0 Å². The number of carbonyl (C=O) groups is 1. The molecule has 4 nitrogen and oxygen atoms in total. The fraction of sp³-hybridized carbons (Fsp3) is 0.368. The lowest BCUT2D eigenvalue weighted by molar-refractivity contribution is -0.136. The number of anilines is 2. The number of alkyl halides is 3. The normalized spacial score (nSPS) is 11.3. The van der Waals surface area contributed by atoms with Gasteiger partial charge < -0.3 is 10.2 Å². The first-order valence-corrected chi connectivity index (χ1v) is 9.02. The SMILES string of the molecule is CCCN(CCC)c1cncc(C(=O)Nc2ccc(Cl)cc2C(F)(F)F)c1. The first-order chi connectivity index (χ1) is 12.8. The molecule has 0 aliphatic rings. The van der Waals surface area contributed by atoms with Gasteiger partial charge in [0.25, 0.3) is 5.91 Å². The van der Waals surface area contributed by atoms with Gasteiger partial charge in [0.15, 0.2) is 0 Å². The molecule has 27 heavy (non-hydrogen) atoms. The van der Waals surface area contributed by atoms with E-state index in [0.717, 1.165) is 43.8 Å². The van der Waals surface area contributed by atoms with Crippen molar-refractivity contribution < 1.29 is 18.0 Å². The smallest absolute Gasteiger partial charge is 0.370 e. The van der Waals surface area contributed by atoms with Gasteiger partial charge >= 0.3 is 6.18 Å². The van der Waals surface area contributed by atoms with Crippen LogP contribution >= 0.6 is 11.6 Å². The Morgan fingerprint density at radius 3 is 2.41 bits per heavy atom. The lowest BCUT2D eigenvalue weighted by Crippen LogP contribution is -2.25. The molecule has 0 spiro atoms. The molecule has 1 N–H and O–H groups in total. The molecule has 0 aliphatic heterocycles. The number of rotatable bonds is 7. The fourth-order valence-electron chi connectivity index (χ4n) is 2.69. The molecule has 2 rings (SSSR count). The second kappa shape index (κ2) is 9.08. The van der Waals surface area contributed by atoms with Gasteiger partial charge in [-0.2, -0.15) is 13.2 Å². The van der Waals surface area contributed by atoms with E-state index in [-0.39, 0.29) is 16.3 Å². The molecular weight excluding hydrogens is 379 g/mol. The van der Waals surface area contributed by atoms with Crippen molar-refractivity contribution in [3.63, 3.8) is 0 Å². The maximum Gasteiger partial charge on any atom is 0.418 e. The van der Waals surface area contributed by atoms with Crippen molar-refractivity contribution in [1.82, 2.24) is 4.98 Å². The monoisotopic (exact) mass is 399 g/mol. The highest BCUT2D eigenvalue weighted by atomic mass is 35.5. The number of nitrogens with zero attached hydrogens (tertiary/aromatic N) is 2. The lowest BCUT2D eigenvalue weighted by atomic mass is 10.1. The summed E-state index contributed by atoms with van der Waals surface area (Å²) < 4.78 is 39.6. The molecule has 1 heterocycles. The topological polar surface area (TPSA) is 45.2 Å². The van der Waals surface area contributed by atoms with Gasteiger partial charge in [-0.3, -0.25) is 9.78 Å². The highest BCUT2D eigenvalue weighted by Gasteiger charge is 2.34. The summed E-state index contributed by atoms with van der Waals surface area (Å²) in [6.07, 6.45) is 0.197. The zero-order valence-corrected chi connectivity index (χ0v) is 15.9. The Kier molecular flexibility index (Phi) is 7.07. The molecule has 1 aromatic carbocycles. The van der Waals surface area contributed by atoms with E-state index in [1.165, 1.54) is 12.3 Å². The Labute approximate surface area is 161 Å². The third-order valence-electron chi connectivity index (χ3n) is 3.87. The Bertz CT molecular complexity index is 790. The van der Waals surface area contributed by atoms with Gasteiger partial charge in [0.1, 0.15) is 0 Å². The third-order valence-corrected chi connectivity index (χ3v) is 4.11. The summed E-state index contributed by atoms with van der Waals surface area (Å²) in [5.74, 6) is -0.662. The Hall–Kier alpha value is -2.28. The molecule has 2 aromatic rings. The van der Waals surface area contributed by atoms with Crippen LogP contribution < -0.4 is 10.2 Å². The Morgan fingerprint density at radius 1 is 1.15 bits per heavy atom. The fourth-order valence-corrected chi connectivity index (χ4v) is 2.86. The largest absolute Gasteiger partial charge is 0.418 e. The summed E-state index contributed by atoms with van der Waals surface area (Å²) in [5, 5.41) is 2.26. The van der Waals surface area contributed by atoms with E-state index < -0.39 is 17.6 Å². The van der Waals surface area contributed by atoms with Crippen LogP contribution in [-0.4, -0.2) is 24.0 Å². The highest BCUT2D eigenvalue weighted by molar-refractivity contribution is 6.30. The quantitative estimate of drug-likeness (QED) is 0.656. The van der Waals surface area contributed by atoms with Gasteiger partial charge in [0.2, 0.25) is 0 Å². The van der Waals surface area contributed by atoms with Crippen LogP contribution in [0.5, 0.6) is 0 Å². The van der Waals surface area contributed by atoms with Gasteiger partial charge in [-0.15, -0.1) is 0 Å². The van der Waals surface area contributed by atoms with Crippen LogP contribution in [0.4, 0.5) is 24.5 Å². The lowest BCUT2D eigenvalue weighted by Gasteiger charge is -2.23. The predicted octanol–water partition coefficient (Wildman–Crippen LogP) is 5.63. The van der Waals surface area contributed by atoms with E-state index in [1.54, 1.807) is 12.3 Å². The minimum Gasteiger partial charge on any atom is -0.370 e. The Balaban J connectivity index is 2.28. The molecule has 1 amide bonds. The molecule has 0 bridgehead atoms. The minimum absolute atomic E-state index is 0.0567. The molecule has 0 atom stereocenters. The van der Waals surface area contributed by atoms with E-state index in [4.69, 9.17) is 11.6 Å². The summed E-state index contributed by atoms with van der Waals surface area (Å²) >= 11 is 5.66. The number of hydrogen-bond donors (Lipinski definition) is 1. The Morgan fingerprint density at radius 2 is 1.81 bits per heavy atom. The molecular formula is C19H21ClF3N3O. The number of nitrogens with one attached hydrogen (secondary N) is 1. The van der Waals surface area contributed by atoms with Crippen molar-refractivity contribution in [1.29, 1.82) is 0 Å². The molecule has 0 saturated heterocycles. The number of amides is 1. The maximum atomic E-state index is 13.2. The highest BCUT2D eigenvalue weighted by Crippen LogP contribution is 2.36. The summed E-state index contributed by atoms with van der Waals surface area (Å²) in [4.78, 5) is 18.7. The van der Waals surface area contributed by atoms with Crippen LogP contribution in [0.25, 0.3) is 0 Å². The molecule has 0 unspecified atom stereocenters. The first-order valence-electron chi connectivity index (χ1n) is 8.64. The molecule has 0 aliphatic carbocycles. The summed E-state index contributed by atoms with van der Waals surface area (Å²) in [6.45, 7) is 5.70. The van der Waals surface area contributed by atoms with Crippen molar-refractivity contribution in [2.24, 2.45) is 0 Å². The summed E-state index contributed by atoms with van der Waals surface area (Å²) in [7, 11) is 0. The molecule has 0 saturated carbocycles. The van der Waals surface area contributed by atoms with Crippen LogP contribution in [-0.2, 0) is 6.18 Å². The van der Waals surface area contributed by atoms with Crippen molar-refractivity contribution in [3.05, 3.63) is 52.8 Å². The first kappa shape index (κ1) is 21.0. The number of hydrogen-bond acceptors (Lipinski definition) is 3. The maximum absolute atomic E-state index is 13.2. The number of benzene rings is 1. The summed E-state index contributed by atoms with van der Waals surface area (Å²) in [6, 6.07) is 4.86. The second-order valence-electron chi connectivity index (χ2n) is 6.06. The van der Waals surface area contributed by atoms with Crippen LogP contribution in [0.1, 0.15) is 42.6 Å². The van der Waals surface area contributed by atoms with Gasteiger partial charge in [0, 0.05) is 24.3 Å². The number of carbonyl (C=O) groups excluding carboxylic acids is 1. The molecule has 8 heteroatoms. The standard InChI is InChI=1S/C19H21ClF3N3O/c1-3-7-26(8-4-2)15-9-13(11-24-12-15)18(27)25-17-6-5-14(20)10-16(17)19(21,22)23/h5-6,9-12H,3-4,7-8H2,1-2H3,(H,25,27). The van der Waals surface area contributed by atoms with Crippen molar-refractivity contribution >= 4 is 28.9 Å². The van der Waals surface area contributed by atoms with E-state index in [2.05, 4.69) is 15.2 Å². The van der Waals surface area contributed by atoms with Crippen molar-refractivity contribution in [3.8, 4) is 0 Å². The molecule has 1 aromatic heterocycles. The summed E-state index contributed by atoms with van der Waals surface area (Å²) in [5.41, 5.74) is -0.390. The van der Waals surface area contributed by atoms with Crippen LogP contribution in [0.15, 0.2) is 36.7 Å². The number of halogens is 4. The van der Waals surface area contributed by atoms with Crippen LogP contribution in [0.3, 0.4) is 0 Å². The molecule has 0 radical (unpaired) electrons. The number of aromatic nitrogens is 1.